The molecule has 2 heterocycles. The lowest BCUT2D eigenvalue weighted by molar-refractivity contribution is -0.127. The minimum Gasteiger partial charge on any atom is -0.379 e. The molecule has 1 aromatic carbocycles. The monoisotopic (exact) mass is 447 g/mol. The second kappa shape index (κ2) is 10.3. The number of ether oxygens (including phenoxy) is 1. The Balaban J connectivity index is 1.36. The number of rotatable bonds is 5. The summed E-state index contributed by atoms with van der Waals surface area (Å²) in [5.74, 6) is -0.0756. The average molecular weight is 448 g/mol. The first kappa shape index (κ1) is 22.6. The number of halogens is 1. The summed E-state index contributed by atoms with van der Waals surface area (Å²) < 4.78 is 5.56. The molecule has 31 heavy (non-hydrogen) atoms. The summed E-state index contributed by atoms with van der Waals surface area (Å²) in [5.41, 5.74) is 0.685. The number of nitrogens with one attached hydrogen (secondary N) is 1. The van der Waals surface area contributed by atoms with E-state index >= 15 is 0 Å². The molecule has 0 radical (unpaired) electrons. The molecule has 0 bridgehead atoms. The second-order valence-electron chi connectivity index (χ2n) is 9.20. The number of piperidine rings is 1. The van der Waals surface area contributed by atoms with Crippen molar-refractivity contribution in [2.24, 2.45) is 5.92 Å². The van der Waals surface area contributed by atoms with Crippen LogP contribution in [-0.2, 0) is 9.53 Å². The first-order chi connectivity index (χ1) is 15.1. The fourth-order valence-corrected chi connectivity index (χ4v) is 5.53. The van der Waals surface area contributed by atoms with Crippen molar-refractivity contribution in [3.05, 3.63) is 34.9 Å². The van der Waals surface area contributed by atoms with Crippen molar-refractivity contribution >= 4 is 23.4 Å². The lowest BCUT2D eigenvalue weighted by atomic mass is 9.79. The van der Waals surface area contributed by atoms with Gasteiger partial charge in [-0.2, -0.15) is 0 Å². The summed E-state index contributed by atoms with van der Waals surface area (Å²) >= 11 is 5.94. The Hall–Kier alpha value is -1.63. The molecule has 6 nitrogen and oxygen atoms in total. The van der Waals surface area contributed by atoms with Gasteiger partial charge in [0.1, 0.15) is 0 Å². The van der Waals surface area contributed by atoms with Gasteiger partial charge in [0.05, 0.1) is 19.1 Å². The van der Waals surface area contributed by atoms with Crippen molar-refractivity contribution in [1.29, 1.82) is 0 Å². The molecule has 1 N–H and O–H groups in total. The van der Waals surface area contributed by atoms with Crippen LogP contribution in [0.4, 0.5) is 0 Å². The molecule has 170 valence electrons. The smallest absolute Gasteiger partial charge is 0.253 e. The van der Waals surface area contributed by atoms with E-state index in [-0.39, 0.29) is 23.3 Å². The Bertz CT molecular complexity index is 758. The maximum atomic E-state index is 13.1. The minimum absolute atomic E-state index is 0.0220. The van der Waals surface area contributed by atoms with Crippen molar-refractivity contribution in [2.45, 2.75) is 50.5 Å². The zero-order valence-electron chi connectivity index (χ0n) is 18.3. The number of amides is 2. The highest BCUT2D eigenvalue weighted by Gasteiger charge is 2.39. The van der Waals surface area contributed by atoms with Gasteiger partial charge in [0.2, 0.25) is 5.91 Å². The minimum atomic E-state index is -0.143. The normalized spacial score (nSPS) is 24.5. The topological polar surface area (TPSA) is 61.9 Å². The molecule has 1 aliphatic carbocycles. The van der Waals surface area contributed by atoms with E-state index in [1.54, 1.807) is 24.3 Å². The summed E-state index contributed by atoms with van der Waals surface area (Å²) in [6, 6.07) is 6.98. The van der Waals surface area contributed by atoms with E-state index in [0.29, 0.717) is 30.2 Å². The Labute approximate surface area is 190 Å². The Morgan fingerprint density at radius 2 is 1.74 bits per heavy atom. The van der Waals surface area contributed by atoms with Gasteiger partial charge >= 0.3 is 0 Å². The largest absolute Gasteiger partial charge is 0.379 e. The van der Waals surface area contributed by atoms with Crippen LogP contribution in [0, 0.1) is 5.92 Å². The van der Waals surface area contributed by atoms with Crippen LogP contribution in [0.1, 0.15) is 55.3 Å². The molecule has 1 atom stereocenters. The van der Waals surface area contributed by atoms with Crippen molar-refractivity contribution in [2.75, 3.05) is 45.9 Å². The molecule has 4 rings (SSSR count). The predicted molar refractivity (Wildman–Crippen MR) is 121 cm³/mol. The second-order valence-corrected chi connectivity index (χ2v) is 9.64. The van der Waals surface area contributed by atoms with Crippen LogP contribution in [0.15, 0.2) is 24.3 Å². The van der Waals surface area contributed by atoms with Crippen LogP contribution in [0.2, 0.25) is 5.02 Å². The fourth-order valence-electron chi connectivity index (χ4n) is 5.40. The fraction of sp³-hybridized carbons (Fsp3) is 0.667. The molecule has 2 aliphatic heterocycles. The van der Waals surface area contributed by atoms with E-state index < -0.39 is 0 Å². The number of hydrogen-bond donors (Lipinski definition) is 1. The number of nitrogens with zero attached hydrogens (tertiary/aromatic N) is 2. The van der Waals surface area contributed by atoms with Gasteiger partial charge in [-0.25, -0.2) is 0 Å². The van der Waals surface area contributed by atoms with Gasteiger partial charge in [-0.15, -0.1) is 0 Å². The van der Waals surface area contributed by atoms with Crippen LogP contribution < -0.4 is 5.32 Å². The van der Waals surface area contributed by atoms with Crippen LogP contribution in [-0.4, -0.2) is 73.1 Å². The van der Waals surface area contributed by atoms with E-state index in [1.165, 1.54) is 19.3 Å². The molecule has 1 saturated carbocycles. The van der Waals surface area contributed by atoms with Gasteiger partial charge in [-0.05, 0) is 49.9 Å². The average Bonchev–Trinajstić information content (AvgIpc) is 2.84. The number of hydrogen-bond acceptors (Lipinski definition) is 4. The Kier molecular flexibility index (Phi) is 7.51. The van der Waals surface area contributed by atoms with Crippen molar-refractivity contribution in [3.8, 4) is 0 Å². The van der Waals surface area contributed by atoms with Crippen LogP contribution in [0.3, 0.4) is 0 Å². The molecule has 0 aromatic heterocycles. The van der Waals surface area contributed by atoms with E-state index in [0.717, 1.165) is 52.0 Å². The van der Waals surface area contributed by atoms with E-state index in [9.17, 15) is 9.59 Å². The lowest BCUT2D eigenvalue weighted by Gasteiger charge is -2.48. The summed E-state index contributed by atoms with van der Waals surface area (Å²) in [6.07, 6.45) is 7.69. The Morgan fingerprint density at radius 1 is 1.03 bits per heavy atom. The molecule has 2 amide bonds. The molecular weight excluding hydrogens is 414 g/mol. The summed E-state index contributed by atoms with van der Waals surface area (Å²) in [4.78, 5) is 30.3. The number of carbonyl (C=O) groups excluding carboxylic acids is 2. The molecule has 1 aromatic rings. The molecule has 3 fully saturated rings. The standard InChI is InChI=1S/C24H34ClN3O3/c25-21-8-6-19(7-9-21)23(30)27-12-4-5-20(17-27)22(29)26-18-24(10-2-1-3-11-24)28-13-15-31-16-14-28/h6-9,20H,1-5,10-18H2,(H,26,29)/t20-/m0/s1. The summed E-state index contributed by atoms with van der Waals surface area (Å²) in [6.45, 7) is 5.33. The lowest BCUT2D eigenvalue weighted by Crippen LogP contribution is -2.60. The molecule has 0 spiro atoms. The van der Waals surface area contributed by atoms with E-state index in [4.69, 9.17) is 16.3 Å². The van der Waals surface area contributed by atoms with Gasteiger partial charge in [-0.1, -0.05) is 30.9 Å². The van der Waals surface area contributed by atoms with Gasteiger partial charge < -0.3 is 15.0 Å². The van der Waals surface area contributed by atoms with E-state index in [1.807, 2.05) is 4.90 Å². The molecule has 7 heteroatoms. The highest BCUT2D eigenvalue weighted by molar-refractivity contribution is 6.30. The molecular formula is C24H34ClN3O3. The SMILES string of the molecule is O=C(NCC1(N2CCOCC2)CCCCC1)[C@H]1CCCN(C(=O)c2ccc(Cl)cc2)C1. The maximum Gasteiger partial charge on any atom is 0.253 e. The van der Waals surface area contributed by atoms with Gasteiger partial charge in [0, 0.05) is 48.8 Å². The van der Waals surface area contributed by atoms with Gasteiger partial charge in [-0.3, -0.25) is 14.5 Å². The van der Waals surface area contributed by atoms with Crippen LogP contribution in [0.25, 0.3) is 0 Å². The summed E-state index contributed by atoms with van der Waals surface area (Å²) in [7, 11) is 0. The van der Waals surface area contributed by atoms with E-state index in [2.05, 4.69) is 10.2 Å². The van der Waals surface area contributed by atoms with Gasteiger partial charge in [0.25, 0.3) is 5.91 Å². The number of likely N-dealkylation sites (tertiary alicyclic amines) is 1. The maximum absolute atomic E-state index is 13.1. The molecule has 2 saturated heterocycles. The first-order valence-corrected chi connectivity index (χ1v) is 12.1. The third kappa shape index (κ3) is 5.41. The highest BCUT2D eigenvalue weighted by Crippen LogP contribution is 2.34. The van der Waals surface area contributed by atoms with Crippen molar-refractivity contribution in [1.82, 2.24) is 15.1 Å². The molecule has 0 unspecified atom stereocenters. The Morgan fingerprint density at radius 3 is 2.45 bits per heavy atom. The predicted octanol–water partition coefficient (Wildman–Crippen LogP) is 3.34. The van der Waals surface area contributed by atoms with Gasteiger partial charge in [0.15, 0.2) is 0 Å². The highest BCUT2D eigenvalue weighted by atomic mass is 35.5. The summed E-state index contributed by atoms with van der Waals surface area (Å²) in [5, 5.41) is 3.91. The number of benzene rings is 1. The van der Waals surface area contributed by atoms with Crippen molar-refractivity contribution in [3.63, 3.8) is 0 Å². The zero-order chi connectivity index (χ0) is 21.7. The van der Waals surface area contributed by atoms with Crippen LogP contribution in [0.5, 0.6) is 0 Å². The van der Waals surface area contributed by atoms with Crippen LogP contribution >= 0.6 is 11.6 Å². The molecule has 3 aliphatic rings. The quantitative estimate of drug-likeness (QED) is 0.751. The number of carbonyl (C=O) groups is 2. The third-order valence-electron chi connectivity index (χ3n) is 7.23. The number of morpholine rings is 1. The zero-order valence-corrected chi connectivity index (χ0v) is 19.0. The first-order valence-electron chi connectivity index (χ1n) is 11.7. The third-order valence-corrected chi connectivity index (χ3v) is 7.48. The van der Waals surface area contributed by atoms with Crippen molar-refractivity contribution < 1.29 is 14.3 Å².